The van der Waals surface area contributed by atoms with Crippen LogP contribution in [0.4, 0.5) is 5.69 Å². The highest BCUT2D eigenvalue weighted by atomic mass is 16.5. The first-order valence-corrected chi connectivity index (χ1v) is 8.42. The van der Waals surface area contributed by atoms with Gasteiger partial charge < -0.3 is 30.4 Å². The van der Waals surface area contributed by atoms with Crippen LogP contribution in [0, 0.1) is 0 Å². The highest BCUT2D eigenvalue weighted by Crippen LogP contribution is 2.21. The van der Waals surface area contributed by atoms with Crippen LogP contribution in [0.3, 0.4) is 0 Å². The van der Waals surface area contributed by atoms with Gasteiger partial charge in [0.05, 0.1) is 12.6 Å². The van der Waals surface area contributed by atoms with Crippen molar-refractivity contribution in [1.29, 1.82) is 0 Å². The predicted molar refractivity (Wildman–Crippen MR) is 97.9 cm³/mol. The van der Waals surface area contributed by atoms with Gasteiger partial charge in [-0.25, -0.2) is 4.98 Å². The number of hydrogen-bond acceptors (Lipinski definition) is 8. The second kappa shape index (κ2) is 8.46. The quantitative estimate of drug-likeness (QED) is 0.473. The third-order valence-corrected chi connectivity index (χ3v) is 3.73. The highest BCUT2D eigenvalue weighted by molar-refractivity contribution is 5.98. The summed E-state index contributed by atoms with van der Waals surface area (Å²) < 4.78 is 10.0. The number of nitrogens with one attached hydrogen (secondary N) is 2. The topological polar surface area (TPSA) is 157 Å². The van der Waals surface area contributed by atoms with E-state index in [-0.39, 0.29) is 24.7 Å². The Labute approximate surface area is 159 Å². The zero-order valence-corrected chi connectivity index (χ0v) is 15.0. The van der Waals surface area contributed by atoms with E-state index in [0.717, 1.165) is 5.56 Å². The molecule has 1 aromatic carbocycles. The fourth-order valence-corrected chi connectivity index (χ4v) is 2.31. The summed E-state index contributed by atoms with van der Waals surface area (Å²) >= 11 is 0. The Morgan fingerprint density at radius 1 is 1.29 bits per heavy atom. The number of aliphatic hydroxyl groups excluding tert-OH is 1. The molecule has 0 aliphatic carbocycles. The van der Waals surface area contributed by atoms with E-state index < -0.39 is 17.9 Å². The number of nitrogens with two attached hydrogens (primary N) is 1. The molecule has 2 heterocycles. The van der Waals surface area contributed by atoms with Crippen LogP contribution in [0.2, 0.25) is 0 Å². The third kappa shape index (κ3) is 4.61. The van der Waals surface area contributed by atoms with Crippen LogP contribution in [0.15, 0.2) is 45.5 Å². The van der Waals surface area contributed by atoms with Gasteiger partial charge in [-0.2, -0.15) is 0 Å². The summed E-state index contributed by atoms with van der Waals surface area (Å²) in [5, 5.41) is 18.0. The van der Waals surface area contributed by atoms with E-state index in [1.165, 1.54) is 6.26 Å². The number of oxazole rings is 1. The van der Waals surface area contributed by atoms with Crippen molar-refractivity contribution in [2.24, 2.45) is 5.73 Å². The van der Waals surface area contributed by atoms with Gasteiger partial charge in [0.2, 0.25) is 11.8 Å². The molecule has 2 aromatic heterocycles. The van der Waals surface area contributed by atoms with E-state index in [1.807, 2.05) is 0 Å². The van der Waals surface area contributed by atoms with E-state index in [1.54, 1.807) is 37.3 Å². The summed E-state index contributed by atoms with van der Waals surface area (Å²) in [6, 6.07) is 8.07. The van der Waals surface area contributed by atoms with Crippen molar-refractivity contribution in [2.75, 3.05) is 11.9 Å². The van der Waals surface area contributed by atoms with Gasteiger partial charge in [-0.15, -0.1) is 0 Å². The summed E-state index contributed by atoms with van der Waals surface area (Å²) in [6.45, 7) is 1.22. The van der Waals surface area contributed by atoms with Gasteiger partial charge in [0.25, 0.3) is 5.91 Å². The summed E-state index contributed by atoms with van der Waals surface area (Å²) in [5.74, 6) is -0.330. The third-order valence-electron chi connectivity index (χ3n) is 3.73. The molecule has 0 bridgehead atoms. The van der Waals surface area contributed by atoms with Crippen LogP contribution in [0.5, 0.6) is 0 Å². The van der Waals surface area contributed by atoms with E-state index in [4.69, 9.17) is 19.8 Å². The molecular formula is C18H19N5O5. The molecule has 0 aliphatic heterocycles. The van der Waals surface area contributed by atoms with E-state index in [2.05, 4.69) is 20.8 Å². The molecule has 0 saturated heterocycles. The molecule has 0 spiro atoms. The number of nitrogens with zero attached hydrogens (tertiary/aromatic N) is 2. The van der Waals surface area contributed by atoms with Crippen LogP contribution in [-0.2, 0) is 11.4 Å². The van der Waals surface area contributed by atoms with Crippen molar-refractivity contribution in [3.63, 3.8) is 0 Å². The van der Waals surface area contributed by atoms with Crippen molar-refractivity contribution in [3.8, 4) is 11.3 Å². The minimum absolute atomic E-state index is 0.0549. The monoisotopic (exact) mass is 385 g/mol. The smallest absolute Gasteiger partial charge is 0.273 e. The first-order chi connectivity index (χ1) is 13.5. The number of aliphatic hydroxyl groups is 1. The Morgan fingerprint density at radius 2 is 2.04 bits per heavy atom. The molecule has 3 aromatic rings. The molecule has 28 heavy (non-hydrogen) atoms. The standard InChI is InChI=1S/C18H19N5O5/c1-10(19)18-22-15(9-27-18)17(26)20-7-16(25)21-12-4-2-11(3-5-12)14-6-13(8-24)28-23-14/h2-6,9-10,24H,7-8,19H2,1H3,(H,20,26)(H,21,25)/t10-/m0/s1. The molecule has 10 nitrogen and oxygen atoms in total. The van der Waals surface area contributed by atoms with Crippen molar-refractivity contribution in [1.82, 2.24) is 15.5 Å². The maximum atomic E-state index is 12.0. The lowest BCUT2D eigenvalue weighted by atomic mass is 10.1. The number of hydrogen-bond donors (Lipinski definition) is 4. The Kier molecular flexibility index (Phi) is 5.82. The Morgan fingerprint density at radius 3 is 2.64 bits per heavy atom. The second-order valence-corrected chi connectivity index (χ2v) is 6.00. The number of anilines is 1. The lowest BCUT2D eigenvalue weighted by Crippen LogP contribution is -2.33. The lowest BCUT2D eigenvalue weighted by Gasteiger charge is -2.06. The van der Waals surface area contributed by atoms with Crippen molar-refractivity contribution in [2.45, 2.75) is 19.6 Å². The maximum absolute atomic E-state index is 12.0. The average molecular weight is 385 g/mol. The molecule has 3 rings (SSSR count). The highest BCUT2D eigenvalue weighted by Gasteiger charge is 2.15. The van der Waals surface area contributed by atoms with E-state index in [0.29, 0.717) is 17.1 Å². The first-order valence-electron chi connectivity index (χ1n) is 8.42. The van der Waals surface area contributed by atoms with Crippen molar-refractivity contribution >= 4 is 17.5 Å². The van der Waals surface area contributed by atoms with Crippen LogP contribution < -0.4 is 16.4 Å². The first kappa shape index (κ1) is 19.3. The molecule has 5 N–H and O–H groups in total. The lowest BCUT2D eigenvalue weighted by molar-refractivity contribution is -0.115. The summed E-state index contributed by atoms with van der Waals surface area (Å²) in [6.07, 6.45) is 1.19. The minimum Gasteiger partial charge on any atom is -0.446 e. The molecule has 0 unspecified atom stereocenters. The molecule has 0 saturated carbocycles. The van der Waals surface area contributed by atoms with Gasteiger partial charge in [-0.1, -0.05) is 17.3 Å². The van der Waals surface area contributed by atoms with Crippen LogP contribution in [-0.4, -0.2) is 33.6 Å². The molecule has 0 radical (unpaired) electrons. The minimum atomic E-state index is -0.535. The maximum Gasteiger partial charge on any atom is 0.273 e. The molecule has 146 valence electrons. The summed E-state index contributed by atoms with van der Waals surface area (Å²) in [5.41, 5.74) is 7.57. The average Bonchev–Trinajstić information content (AvgIpc) is 3.36. The second-order valence-electron chi connectivity index (χ2n) is 6.00. The van der Waals surface area contributed by atoms with Gasteiger partial charge in [-0.3, -0.25) is 9.59 Å². The van der Waals surface area contributed by atoms with Gasteiger partial charge in [0, 0.05) is 17.3 Å². The SMILES string of the molecule is C[C@H](N)c1nc(C(=O)NCC(=O)Nc2ccc(-c3cc(CO)on3)cc2)co1. The van der Waals surface area contributed by atoms with E-state index in [9.17, 15) is 9.59 Å². The number of rotatable bonds is 7. The Balaban J connectivity index is 1.52. The number of carbonyl (C=O) groups excluding carboxylic acids is 2. The normalized spacial score (nSPS) is 11.8. The fraction of sp³-hybridized carbons (Fsp3) is 0.222. The van der Waals surface area contributed by atoms with Gasteiger partial charge in [-0.05, 0) is 19.1 Å². The van der Waals surface area contributed by atoms with Crippen molar-refractivity contribution in [3.05, 3.63) is 53.9 Å². The molecule has 0 fully saturated rings. The van der Waals surface area contributed by atoms with Crippen LogP contribution >= 0.6 is 0 Å². The zero-order chi connectivity index (χ0) is 20.1. The van der Waals surface area contributed by atoms with Gasteiger partial charge in [0.15, 0.2) is 11.5 Å². The largest absolute Gasteiger partial charge is 0.446 e. The predicted octanol–water partition coefficient (Wildman–Crippen LogP) is 1.21. The van der Waals surface area contributed by atoms with E-state index >= 15 is 0 Å². The van der Waals surface area contributed by atoms with Gasteiger partial charge in [0.1, 0.15) is 18.6 Å². The number of benzene rings is 1. The molecule has 10 heteroatoms. The Hall–Kier alpha value is -3.50. The molecular weight excluding hydrogens is 366 g/mol. The molecule has 0 aliphatic rings. The summed E-state index contributed by atoms with van der Waals surface area (Å²) in [4.78, 5) is 27.9. The zero-order valence-electron chi connectivity index (χ0n) is 15.0. The Bertz CT molecular complexity index is 961. The summed E-state index contributed by atoms with van der Waals surface area (Å²) in [7, 11) is 0. The molecule has 1 atom stereocenters. The molecule has 2 amide bonds. The van der Waals surface area contributed by atoms with Crippen LogP contribution in [0.25, 0.3) is 11.3 Å². The fourth-order valence-electron chi connectivity index (χ4n) is 2.31. The number of amides is 2. The van der Waals surface area contributed by atoms with Gasteiger partial charge >= 0.3 is 0 Å². The number of carbonyl (C=O) groups is 2. The van der Waals surface area contributed by atoms with Crippen molar-refractivity contribution < 1.29 is 23.6 Å². The number of aromatic nitrogens is 2. The van der Waals surface area contributed by atoms with Crippen LogP contribution in [0.1, 0.15) is 35.1 Å².